The second kappa shape index (κ2) is 4.58. The van der Waals surface area contributed by atoms with Crippen LogP contribution < -0.4 is 0 Å². The van der Waals surface area contributed by atoms with Crippen molar-refractivity contribution >= 4 is 5.91 Å². The van der Waals surface area contributed by atoms with Gasteiger partial charge >= 0.3 is 0 Å². The molecule has 0 aromatic rings. The lowest BCUT2D eigenvalue weighted by Gasteiger charge is -2.39. The fraction of sp³-hybridized carbons (Fsp3) is 0.923. The number of hydrogen-bond donors (Lipinski definition) is 1. The summed E-state index contributed by atoms with van der Waals surface area (Å²) in [5.41, 5.74) is 0. The first-order valence-corrected chi connectivity index (χ1v) is 6.83. The Morgan fingerprint density at radius 1 is 1.18 bits per heavy atom. The third-order valence-electron chi connectivity index (χ3n) is 4.47. The Balaban J connectivity index is 1.69. The molecule has 3 rings (SSSR count). The van der Waals surface area contributed by atoms with Crippen LogP contribution in [0.5, 0.6) is 0 Å². The van der Waals surface area contributed by atoms with Crippen molar-refractivity contribution < 1.29 is 14.6 Å². The fourth-order valence-corrected chi connectivity index (χ4v) is 3.65. The van der Waals surface area contributed by atoms with Gasteiger partial charge < -0.3 is 14.7 Å². The molecule has 3 heterocycles. The summed E-state index contributed by atoms with van der Waals surface area (Å²) in [6, 6.07) is 0.580. The van der Waals surface area contributed by atoms with E-state index in [1.165, 1.54) is 0 Å². The largest absolute Gasteiger partial charge is 0.393 e. The molecule has 4 heteroatoms. The van der Waals surface area contributed by atoms with E-state index in [9.17, 15) is 9.90 Å². The molecule has 3 atom stereocenters. The predicted octanol–water partition coefficient (Wildman–Crippen LogP) is 0.927. The maximum Gasteiger partial charge on any atom is 0.228 e. The summed E-state index contributed by atoms with van der Waals surface area (Å²) in [6.45, 7) is 1.40. The third kappa shape index (κ3) is 2.08. The first-order chi connectivity index (χ1) is 8.25. The highest BCUT2D eigenvalue weighted by atomic mass is 16.5. The number of hydrogen-bond acceptors (Lipinski definition) is 3. The highest BCUT2D eigenvalue weighted by Crippen LogP contribution is 2.37. The van der Waals surface area contributed by atoms with Gasteiger partial charge in [0.25, 0.3) is 0 Å². The Kier molecular flexibility index (Phi) is 3.09. The number of amides is 1. The van der Waals surface area contributed by atoms with Crippen LogP contribution in [0.15, 0.2) is 0 Å². The number of piperidine rings is 1. The molecular weight excluding hydrogens is 218 g/mol. The van der Waals surface area contributed by atoms with Crippen LogP contribution in [0.2, 0.25) is 0 Å². The summed E-state index contributed by atoms with van der Waals surface area (Å²) in [6.07, 6.45) is 5.46. The minimum atomic E-state index is -0.195. The molecule has 1 N–H and O–H groups in total. The number of nitrogens with zero attached hydrogens (tertiary/aromatic N) is 1. The summed E-state index contributed by atoms with van der Waals surface area (Å²) in [5.74, 6) is 0.353. The van der Waals surface area contributed by atoms with Crippen LogP contribution in [0, 0.1) is 5.92 Å². The molecule has 0 spiro atoms. The zero-order chi connectivity index (χ0) is 11.8. The van der Waals surface area contributed by atoms with Crippen molar-refractivity contribution in [2.24, 2.45) is 5.92 Å². The number of fused-ring (bicyclic) bond motifs is 2. The van der Waals surface area contributed by atoms with E-state index in [4.69, 9.17) is 4.74 Å². The van der Waals surface area contributed by atoms with Crippen LogP contribution >= 0.6 is 0 Å². The Hall–Kier alpha value is -0.610. The van der Waals surface area contributed by atoms with E-state index in [1.807, 2.05) is 0 Å². The fourth-order valence-electron chi connectivity index (χ4n) is 3.65. The monoisotopic (exact) mass is 239 g/mol. The first kappa shape index (κ1) is 11.5. The SMILES string of the molecule is O=C(C1CCCOC1)N1C2CCC1CC(O)C2. The second-order valence-corrected chi connectivity index (χ2v) is 5.67. The lowest BCUT2D eigenvalue weighted by molar-refractivity contribution is -0.146. The van der Waals surface area contributed by atoms with Gasteiger partial charge in [0.1, 0.15) is 0 Å². The molecule has 0 saturated carbocycles. The van der Waals surface area contributed by atoms with Gasteiger partial charge in [-0.15, -0.1) is 0 Å². The molecule has 3 fully saturated rings. The van der Waals surface area contributed by atoms with Crippen molar-refractivity contribution in [3.63, 3.8) is 0 Å². The van der Waals surface area contributed by atoms with Crippen LogP contribution in [0.1, 0.15) is 38.5 Å². The lowest BCUT2D eigenvalue weighted by atomic mass is 9.95. The normalized spacial score (nSPS) is 41.6. The van der Waals surface area contributed by atoms with E-state index in [1.54, 1.807) is 0 Å². The van der Waals surface area contributed by atoms with E-state index in [0.29, 0.717) is 6.61 Å². The molecule has 3 saturated heterocycles. The van der Waals surface area contributed by atoms with Crippen LogP contribution in [0.3, 0.4) is 0 Å². The van der Waals surface area contributed by atoms with Gasteiger partial charge in [0, 0.05) is 18.7 Å². The maximum absolute atomic E-state index is 12.5. The predicted molar refractivity (Wildman–Crippen MR) is 62.4 cm³/mol. The average Bonchev–Trinajstić information content (AvgIpc) is 2.62. The standard InChI is InChI=1S/C13H21NO3/c15-12-6-10-3-4-11(7-12)14(10)13(16)9-2-1-5-17-8-9/h9-12,15H,1-8H2. The van der Waals surface area contributed by atoms with Crippen LogP contribution in [-0.4, -0.2) is 47.3 Å². The van der Waals surface area contributed by atoms with Gasteiger partial charge in [-0.25, -0.2) is 0 Å². The van der Waals surface area contributed by atoms with Crippen molar-refractivity contribution in [3.8, 4) is 0 Å². The summed E-state index contributed by atoms with van der Waals surface area (Å²) in [5, 5.41) is 9.74. The molecule has 4 nitrogen and oxygen atoms in total. The maximum atomic E-state index is 12.5. The number of carbonyl (C=O) groups excluding carboxylic acids is 1. The topological polar surface area (TPSA) is 49.8 Å². The van der Waals surface area contributed by atoms with E-state index in [-0.39, 0.29) is 30.0 Å². The summed E-state index contributed by atoms with van der Waals surface area (Å²) in [7, 11) is 0. The third-order valence-corrected chi connectivity index (χ3v) is 4.47. The van der Waals surface area contributed by atoms with Crippen LogP contribution in [0.25, 0.3) is 0 Å². The van der Waals surface area contributed by atoms with E-state index >= 15 is 0 Å². The second-order valence-electron chi connectivity index (χ2n) is 5.67. The van der Waals surface area contributed by atoms with E-state index in [0.717, 1.165) is 45.1 Å². The molecule has 1 amide bonds. The molecule has 17 heavy (non-hydrogen) atoms. The Morgan fingerprint density at radius 2 is 1.88 bits per heavy atom. The van der Waals surface area contributed by atoms with Crippen molar-refractivity contribution in [1.82, 2.24) is 4.90 Å². The minimum Gasteiger partial charge on any atom is -0.393 e. The molecule has 2 bridgehead atoms. The quantitative estimate of drug-likeness (QED) is 0.740. The number of carbonyl (C=O) groups is 1. The molecule has 0 aromatic heterocycles. The summed E-state index contributed by atoms with van der Waals surface area (Å²) in [4.78, 5) is 14.6. The van der Waals surface area contributed by atoms with Gasteiger partial charge in [-0.2, -0.15) is 0 Å². The Morgan fingerprint density at radius 3 is 2.47 bits per heavy atom. The highest BCUT2D eigenvalue weighted by Gasteiger charge is 2.44. The van der Waals surface area contributed by atoms with Gasteiger partial charge in [-0.1, -0.05) is 0 Å². The van der Waals surface area contributed by atoms with Crippen LogP contribution in [-0.2, 0) is 9.53 Å². The van der Waals surface area contributed by atoms with Crippen molar-refractivity contribution in [2.45, 2.75) is 56.7 Å². The van der Waals surface area contributed by atoms with Gasteiger partial charge in [-0.05, 0) is 38.5 Å². The molecule has 96 valence electrons. The van der Waals surface area contributed by atoms with Crippen molar-refractivity contribution in [3.05, 3.63) is 0 Å². The van der Waals surface area contributed by atoms with Gasteiger partial charge in [0.15, 0.2) is 0 Å². The molecule has 3 aliphatic rings. The average molecular weight is 239 g/mol. The van der Waals surface area contributed by atoms with Crippen molar-refractivity contribution in [2.75, 3.05) is 13.2 Å². The van der Waals surface area contributed by atoms with Crippen molar-refractivity contribution in [1.29, 1.82) is 0 Å². The smallest absolute Gasteiger partial charge is 0.228 e. The number of aliphatic hydroxyl groups is 1. The summed E-state index contributed by atoms with van der Waals surface area (Å²) >= 11 is 0. The van der Waals surface area contributed by atoms with E-state index in [2.05, 4.69) is 4.90 Å². The summed E-state index contributed by atoms with van der Waals surface area (Å²) < 4.78 is 5.41. The molecule has 3 aliphatic heterocycles. The minimum absolute atomic E-state index is 0.0714. The highest BCUT2D eigenvalue weighted by molar-refractivity contribution is 5.80. The van der Waals surface area contributed by atoms with Crippen LogP contribution in [0.4, 0.5) is 0 Å². The molecular formula is C13H21NO3. The van der Waals surface area contributed by atoms with Gasteiger partial charge in [0.2, 0.25) is 5.91 Å². The van der Waals surface area contributed by atoms with E-state index < -0.39 is 0 Å². The zero-order valence-electron chi connectivity index (χ0n) is 10.2. The molecule has 3 unspecified atom stereocenters. The van der Waals surface area contributed by atoms with Gasteiger partial charge in [0.05, 0.1) is 18.6 Å². The molecule has 0 aromatic carbocycles. The Labute approximate surface area is 102 Å². The molecule has 0 aliphatic carbocycles. The number of aliphatic hydroxyl groups excluding tert-OH is 1. The first-order valence-electron chi connectivity index (χ1n) is 6.83. The lowest BCUT2D eigenvalue weighted by Crippen LogP contribution is -2.51. The zero-order valence-corrected chi connectivity index (χ0v) is 10.2. The molecule has 0 radical (unpaired) electrons. The Bertz CT molecular complexity index is 287. The number of ether oxygens (including phenoxy) is 1. The van der Waals surface area contributed by atoms with Gasteiger partial charge in [-0.3, -0.25) is 4.79 Å². The number of rotatable bonds is 1.